The van der Waals surface area contributed by atoms with Crippen molar-refractivity contribution in [2.24, 2.45) is 0 Å². The Morgan fingerprint density at radius 1 is 1.24 bits per heavy atom. The highest BCUT2D eigenvalue weighted by Gasteiger charge is 2.28. The fraction of sp³-hybridized carbons (Fsp3) is 0.333. The molecule has 0 bridgehead atoms. The van der Waals surface area contributed by atoms with Crippen LogP contribution in [0.15, 0.2) is 48.5 Å². The lowest BCUT2D eigenvalue weighted by atomic mass is 9.84. The Morgan fingerprint density at radius 2 is 2.10 bits per heavy atom. The largest absolute Gasteiger partial charge is 0.508 e. The number of phenols is 1. The van der Waals surface area contributed by atoms with Gasteiger partial charge in [-0.05, 0) is 49.2 Å². The van der Waals surface area contributed by atoms with Gasteiger partial charge in [0.05, 0.1) is 6.61 Å². The molecule has 2 unspecified atom stereocenters. The summed E-state index contributed by atoms with van der Waals surface area (Å²) < 4.78 is 5.75. The van der Waals surface area contributed by atoms with E-state index < -0.39 is 0 Å². The van der Waals surface area contributed by atoms with Gasteiger partial charge in [0.2, 0.25) is 0 Å². The number of ether oxygens (including phenoxy) is 1. The highest BCUT2D eigenvalue weighted by molar-refractivity contribution is 5.39. The molecule has 1 aliphatic heterocycles. The summed E-state index contributed by atoms with van der Waals surface area (Å²) in [6.07, 6.45) is 1.91. The fourth-order valence-electron chi connectivity index (χ4n) is 3.17. The van der Waals surface area contributed by atoms with Gasteiger partial charge in [0.1, 0.15) is 11.5 Å². The van der Waals surface area contributed by atoms with E-state index in [0.717, 1.165) is 30.8 Å². The summed E-state index contributed by atoms with van der Waals surface area (Å²) in [6.45, 7) is 0.764. The van der Waals surface area contributed by atoms with Crippen LogP contribution in [0.1, 0.15) is 23.5 Å². The maximum absolute atomic E-state index is 9.63. The van der Waals surface area contributed by atoms with Gasteiger partial charge in [-0.1, -0.05) is 30.3 Å². The van der Waals surface area contributed by atoms with Gasteiger partial charge < -0.3 is 15.2 Å². The van der Waals surface area contributed by atoms with Crippen molar-refractivity contribution in [2.75, 3.05) is 13.7 Å². The van der Waals surface area contributed by atoms with Gasteiger partial charge >= 0.3 is 0 Å². The molecule has 3 nitrogen and oxygen atoms in total. The Bertz CT molecular complexity index is 612. The maximum Gasteiger partial charge on any atom is 0.122 e. The van der Waals surface area contributed by atoms with Gasteiger partial charge in [0.15, 0.2) is 0 Å². The normalized spacial score (nSPS) is 18.6. The zero-order chi connectivity index (χ0) is 14.7. The molecule has 0 aromatic heterocycles. The smallest absolute Gasteiger partial charge is 0.122 e. The van der Waals surface area contributed by atoms with Gasteiger partial charge in [0.25, 0.3) is 0 Å². The second-order valence-corrected chi connectivity index (χ2v) is 5.55. The highest BCUT2D eigenvalue weighted by atomic mass is 16.5. The average Bonchev–Trinajstić information content (AvgIpc) is 2.52. The number of hydrogen-bond acceptors (Lipinski definition) is 3. The molecule has 3 heteroatoms. The van der Waals surface area contributed by atoms with Crippen molar-refractivity contribution in [3.8, 4) is 11.5 Å². The summed E-state index contributed by atoms with van der Waals surface area (Å²) in [5, 5.41) is 13.1. The van der Waals surface area contributed by atoms with Crippen LogP contribution >= 0.6 is 0 Å². The van der Waals surface area contributed by atoms with Crippen molar-refractivity contribution in [1.29, 1.82) is 0 Å². The van der Waals surface area contributed by atoms with Crippen LogP contribution in [0, 0.1) is 0 Å². The minimum Gasteiger partial charge on any atom is -0.508 e. The monoisotopic (exact) mass is 283 g/mol. The maximum atomic E-state index is 9.63. The Labute approximate surface area is 125 Å². The quantitative estimate of drug-likeness (QED) is 0.906. The van der Waals surface area contributed by atoms with Crippen molar-refractivity contribution in [3.05, 3.63) is 59.7 Å². The number of likely N-dealkylation sites (N-methyl/N-ethyl adjacent to an activating group) is 1. The van der Waals surface area contributed by atoms with E-state index in [1.165, 1.54) is 5.56 Å². The van der Waals surface area contributed by atoms with Crippen molar-refractivity contribution in [2.45, 2.75) is 24.8 Å². The molecule has 110 valence electrons. The summed E-state index contributed by atoms with van der Waals surface area (Å²) in [5.41, 5.74) is 2.43. The summed E-state index contributed by atoms with van der Waals surface area (Å²) in [7, 11) is 2.01. The molecule has 2 aromatic rings. The molecule has 2 aromatic carbocycles. The van der Waals surface area contributed by atoms with Gasteiger partial charge in [-0.15, -0.1) is 0 Å². The lowest BCUT2D eigenvalue weighted by Gasteiger charge is -2.32. The van der Waals surface area contributed by atoms with Crippen LogP contribution in [0.3, 0.4) is 0 Å². The van der Waals surface area contributed by atoms with E-state index in [4.69, 9.17) is 4.74 Å². The predicted octanol–water partition coefficient (Wildman–Crippen LogP) is 3.09. The Hall–Kier alpha value is -2.00. The Balaban J connectivity index is 1.84. The SMILES string of the molecule is CNC(Cc1cccc(O)c1)C1CCOc2ccccc21. The molecule has 21 heavy (non-hydrogen) atoms. The van der Waals surface area contributed by atoms with Crippen LogP contribution in [0.4, 0.5) is 0 Å². The Morgan fingerprint density at radius 3 is 2.90 bits per heavy atom. The van der Waals surface area contributed by atoms with Crippen molar-refractivity contribution < 1.29 is 9.84 Å². The standard InChI is InChI=1S/C18H21NO2/c1-19-17(12-13-5-4-6-14(20)11-13)15-9-10-21-18-8-3-2-7-16(15)18/h2-8,11,15,17,19-20H,9-10,12H2,1H3. The average molecular weight is 283 g/mol. The first kappa shape index (κ1) is 14.0. The molecule has 0 aliphatic carbocycles. The molecule has 0 fully saturated rings. The van der Waals surface area contributed by atoms with Gasteiger partial charge in [-0.2, -0.15) is 0 Å². The van der Waals surface area contributed by atoms with Crippen molar-refractivity contribution in [1.82, 2.24) is 5.32 Å². The van der Waals surface area contributed by atoms with E-state index in [2.05, 4.69) is 23.5 Å². The lowest BCUT2D eigenvalue weighted by molar-refractivity contribution is 0.247. The number of rotatable bonds is 4. The molecular weight excluding hydrogens is 262 g/mol. The van der Waals surface area contributed by atoms with E-state index in [0.29, 0.717) is 17.7 Å². The van der Waals surface area contributed by atoms with Crippen molar-refractivity contribution >= 4 is 0 Å². The number of nitrogens with one attached hydrogen (secondary N) is 1. The predicted molar refractivity (Wildman–Crippen MR) is 84.0 cm³/mol. The second-order valence-electron chi connectivity index (χ2n) is 5.55. The van der Waals surface area contributed by atoms with Crippen LogP contribution < -0.4 is 10.1 Å². The first-order valence-corrected chi connectivity index (χ1v) is 7.45. The molecular formula is C18H21NO2. The molecule has 0 saturated heterocycles. The third-order valence-corrected chi connectivity index (χ3v) is 4.23. The third-order valence-electron chi connectivity index (χ3n) is 4.23. The zero-order valence-corrected chi connectivity index (χ0v) is 12.3. The number of aromatic hydroxyl groups is 1. The van der Waals surface area contributed by atoms with Gasteiger partial charge in [-0.25, -0.2) is 0 Å². The zero-order valence-electron chi connectivity index (χ0n) is 12.3. The lowest BCUT2D eigenvalue weighted by Crippen LogP contribution is -2.36. The molecule has 2 atom stereocenters. The Kier molecular flexibility index (Phi) is 4.11. The molecule has 1 aliphatic rings. The summed E-state index contributed by atoms with van der Waals surface area (Å²) in [6, 6.07) is 16.1. The first-order valence-electron chi connectivity index (χ1n) is 7.45. The van der Waals surface area contributed by atoms with E-state index in [-0.39, 0.29) is 0 Å². The van der Waals surface area contributed by atoms with Crippen LogP contribution in [0.25, 0.3) is 0 Å². The van der Waals surface area contributed by atoms with E-state index in [9.17, 15) is 5.11 Å². The molecule has 0 saturated carbocycles. The van der Waals surface area contributed by atoms with E-state index >= 15 is 0 Å². The topological polar surface area (TPSA) is 41.5 Å². The number of fused-ring (bicyclic) bond motifs is 1. The molecule has 2 N–H and O–H groups in total. The second kappa shape index (κ2) is 6.19. The summed E-state index contributed by atoms with van der Waals surface area (Å²) >= 11 is 0. The van der Waals surface area contributed by atoms with Gasteiger partial charge in [0, 0.05) is 12.0 Å². The summed E-state index contributed by atoms with van der Waals surface area (Å²) in [5.74, 6) is 1.77. The first-order chi connectivity index (χ1) is 10.3. The number of hydrogen-bond donors (Lipinski definition) is 2. The molecule has 0 radical (unpaired) electrons. The van der Waals surface area contributed by atoms with Crippen LogP contribution in [0.2, 0.25) is 0 Å². The van der Waals surface area contributed by atoms with Gasteiger partial charge in [-0.3, -0.25) is 0 Å². The van der Waals surface area contributed by atoms with Crippen molar-refractivity contribution in [3.63, 3.8) is 0 Å². The minimum atomic E-state index is 0.328. The summed E-state index contributed by atoms with van der Waals surface area (Å²) in [4.78, 5) is 0. The number of benzene rings is 2. The molecule has 0 spiro atoms. The third kappa shape index (κ3) is 3.03. The van der Waals surface area contributed by atoms with Crippen LogP contribution in [0.5, 0.6) is 11.5 Å². The molecule has 1 heterocycles. The fourth-order valence-corrected chi connectivity index (χ4v) is 3.17. The number of para-hydroxylation sites is 1. The number of phenolic OH excluding ortho intramolecular Hbond substituents is 1. The van der Waals surface area contributed by atoms with Crippen LogP contribution in [-0.4, -0.2) is 24.8 Å². The minimum absolute atomic E-state index is 0.328. The van der Waals surface area contributed by atoms with Crippen LogP contribution in [-0.2, 0) is 6.42 Å². The molecule has 0 amide bonds. The van der Waals surface area contributed by atoms with E-state index in [1.54, 1.807) is 6.07 Å². The van der Waals surface area contributed by atoms with E-state index in [1.807, 2.05) is 31.3 Å². The molecule has 3 rings (SSSR count). The highest BCUT2D eigenvalue weighted by Crippen LogP contribution is 2.36.